The molecular weight excluding hydrogens is 196 g/mol. The molecular formula is C10H16N2O3. The molecule has 0 unspecified atom stereocenters. The lowest BCUT2D eigenvalue weighted by Gasteiger charge is -2.42. The average molecular weight is 212 g/mol. The number of hydrogen-bond donors (Lipinski definition) is 1. The number of carbonyl (C=O) groups is 2. The molecule has 1 N–H and O–H groups in total. The SMILES string of the molecule is CCN1C(=O)CC2(CCNCC2)OC1=O. The lowest BCUT2D eigenvalue weighted by atomic mass is 9.87. The first kappa shape index (κ1) is 10.4. The van der Waals surface area contributed by atoms with Gasteiger partial charge in [-0.05, 0) is 20.0 Å². The van der Waals surface area contributed by atoms with Crippen molar-refractivity contribution in [3.63, 3.8) is 0 Å². The maximum Gasteiger partial charge on any atom is 0.417 e. The third kappa shape index (κ3) is 1.84. The smallest absolute Gasteiger partial charge is 0.417 e. The predicted molar refractivity (Wildman–Crippen MR) is 53.3 cm³/mol. The highest BCUT2D eigenvalue weighted by atomic mass is 16.6. The number of ether oxygens (including phenoxy) is 1. The third-order valence-electron chi connectivity index (χ3n) is 3.13. The summed E-state index contributed by atoms with van der Waals surface area (Å²) in [6.07, 6.45) is 1.34. The minimum Gasteiger partial charge on any atom is -0.442 e. The zero-order valence-corrected chi connectivity index (χ0v) is 8.91. The molecule has 0 bridgehead atoms. The van der Waals surface area contributed by atoms with Gasteiger partial charge in [-0.1, -0.05) is 0 Å². The normalized spacial score (nSPS) is 25.5. The Morgan fingerprint density at radius 3 is 2.60 bits per heavy atom. The van der Waals surface area contributed by atoms with Crippen LogP contribution in [0, 0.1) is 0 Å². The molecule has 0 radical (unpaired) electrons. The summed E-state index contributed by atoms with van der Waals surface area (Å²) >= 11 is 0. The van der Waals surface area contributed by atoms with E-state index < -0.39 is 11.7 Å². The van der Waals surface area contributed by atoms with Crippen LogP contribution in [0.3, 0.4) is 0 Å². The summed E-state index contributed by atoms with van der Waals surface area (Å²) in [7, 11) is 0. The highest BCUT2D eigenvalue weighted by Crippen LogP contribution is 2.32. The van der Waals surface area contributed by atoms with Gasteiger partial charge in [0, 0.05) is 19.4 Å². The van der Waals surface area contributed by atoms with Gasteiger partial charge in [-0.15, -0.1) is 0 Å². The third-order valence-corrected chi connectivity index (χ3v) is 3.13. The summed E-state index contributed by atoms with van der Waals surface area (Å²) < 4.78 is 5.41. The van der Waals surface area contributed by atoms with Gasteiger partial charge in [0.05, 0.1) is 6.42 Å². The van der Waals surface area contributed by atoms with Crippen LogP contribution >= 0.6 is 0 Å². The van der Waals surface area contributed by atoms with Crippen LogP contribution < -0.4 is 5.32 Å². The van der Waals surface area contributed by atoms with Crippen LogP contribution in [0.15, 0.2) is 0 Å². The van der Waals surface area contributed by atoms with Crippen LogP contribution in [0.5, 0.6) is 0 Å². The van der Waals surface area contributed by atoms with E-state index in [9.17, 15) is 9.59 Å². The lowest BCUT2D eigenvalue weighted by molar-refractivity contribution is -0.146. The second kappa shape index (κ2) is 3.81. The fourth-order valence-electron chi connectivity index (χ4n) is 2.22. The summed E-state index contributed by atoms with van der Waals surface area (Å²) in [6, 6.07) is 0. The van der Waals surface area contributed by atoms with Crippen LogP contribution in [0.2, 0.25) is 0 Å². The van der Waals surface area contributed by atoms with Gasteiger partial charge in [0.15, 0.2) is 0 Å². The molecule has 5 nitrogen and oxygen atoms in total. The highest BCUT2D eigenvalue weighted by molar-refractivity contribution is 5.94. The predicted octanol–water partition coefficient (Wildman–Crippen LogP) is 0.497. The molecule has 84 valence electrons. The molecule has 0 atom stereocenters. The molecule has 0 aromatic rings. The lowest BCUT2D eigenvalue weighted by Crippen LogP contribution is -2.56. The molecule has 2 saturated heterocycles. The quantitative estimate of drug-likeness (QED) is 0.687. The van der Waals surface area contributed by atoms with E-state index in [2.05, 4.69) is 5.32 Å². The number of hydrogen-bond acceptors (Lipinski definition) is 4. The summed E-state index contributed by atoms with van der Waals surface area (Å²) in [5.41, 5.74) is -0.523. The van der Waals surface area contributed by atoms with Crippen molar-refractivity contribution >= 4 is 12.0 Å². The summed E-state index contributed by atoms with van der Waals surface area (Å²) in [5.74, 6) is -0.101. The molecule has 0 aliphatic carbocycles. The Hall–Kier alpha value is -1.10. The zero-order valence-electron chi connectivity index (χ0n) is 8.91. The first-order valence-electron chi connectivity index (χ1n) is 5.41. The van der Waals surface area contributed by atoms with Crippen molar-refractivity contribution in [3.8, 4) is 0 Å². The number of amides is 2. The maximum atomic E-state index is 11.7. The molecule has 2 aliphatic rings. The van der Waals surface area contributed by atoms with E-state index in [1.807, 2.05) is 0 Å². The fourth-order valence-corrected chi connectivity index (χ4v) is 2.22. The number of imide groups is 1. The Morgan fingerprint density at radius 2 is 2.07 bits per heavy atom. The van der Waals surface area contributed by atoms with E-state index >= 15 is 0 Å². The summed E-state index contributed by atoms with van der Waals surface area (Å²) in [4.78, 5) is 24.5. The Labute approximate surface area is 88.8 Å². The van der Waals surface area contributed by atoms with Gasteiger partial charge in [0.2, 0.25) is 5.91 Å². The average Bonchev–Trinajstić information content (AvgIpc) is 2.18. The van der Waals surface area contributed by atoms with Crippen LogP contribution in [0.4, 0.5) is 4.79 Å². The Balaban J connectivity index is 2.12. The van der Waals surface area contributed by atoms with E-state index in [1.54, 1.807) is 6.92 Å². The highest BCUT2D eigenvalue weighted by Gasteiger charge is 2.45. The van der Waals surface area contributed by atoms with Gasteiger partial charge >= 0.3 is 6.09 Å². The zero-order chi connectivity index (χ0) is 10.9. The minimum atomic E-state index is -0.523. The van der Waals surface area contributed by atoms with Gasteiger partial charge in [0.1, 0.15) is 5.60 Å². The summed E-state index contributed by atoms with van der Waals surface area (Å²) in [6.45, 7) is 3.80. The number of rotatable bonds is 1. The van der Waals surface area contributed by atoms with E-state index in [1.165, 1.54) is 4.90 Å². The molecule has 5 heteroatoms. The van der Waals surface area contributed by atoms with Crippen molar-refractivity contribution in [2.45, 2.75) is 31.8 Å². The first-order chi connectivity index (χ1) is 7.17. The minimum absolute atomic E-state index is 0.101. The molecule has 0 saturated carbocycles. The number of carbonyl (C=O) groups excluding carboxylic acids is 2. The van der Waals surface area contributed by atoms with Crippen LogP contribution in [0.1, 0.15) is 26.2 Å². The van der Waals surface area contributed by atoms with E-state index in [4.69, 9.17) is 4.74 Å². The maximum absolute atomic E-state index is 11.7. The van der Waals surface area contributed by atoms with Gasteiger partial charge in [-0.2, -0.15) is 0 Å². The van der Waals surface area contributed by atoms with Crippen LogP contribution in [-0.2, 0) is 9.53 Å². The number of nitrogens with zero attached hydrogens (tertiary/aromatic N) is 1. The van der Waals surface area contributed by atoms with E-state index in [0.29, 0.717) is 13.0 Å². The largest absolute Gasteiger partial charge is 0.442 e. The monoisotopic (exact) mass is 212 g/mol. The standard InChI is InChI=1S/C10H16N2O3/c1-2-12-8(13)7-10(15-9(12)14)3-5-11-6-4-10/h11H,2-7H2,1H3. The molecule has 0 aromatic carbocycles. The van der Waals surface area contributed by atoms with Crippen LogP contribution in [-0.4, -0.2) is 42.1 Å². The van der Waals surface area contributed by atoms with Gasteiger partial charge in [-0.25, -0.2) is 9.69 Å². The van der Waals surface area contributed by atoms with Crippen molar-refractivity contribution in [2.75, 3.05) is 19.6 Å². The Bertz CT molecular complexity index is 264. The molecule has 15 heavy (non-hydrogen) atoms. The van der Waals surface area contributed by atoms with E-state index in [0.717, 1.165) is 25.9 Å². The topological polar surface area (TPSA) is 58.6 Å². The molecule has 2 heterocycles. The van der Waals surface area contributed by atoms with Crippen molar-refractivity contribution in [1.82, 2.24) is 10.2 Å². The second-order valence-corrected chi connectivity index (χ2v) is 4.12. The molecule has 2 fully saturated rings. The van der Waals surface area contributed by atoms with Crippen molar-refractivity contribution in [1.29, 1.82) is 0 Å². The molecule has 2 rings (SSSR count). The molecule has 0 aromatic heterocycles. The van der Waals surface area contributed by atoms with Gasteiger partial charge in [0.25, 0.3) is 0 Å². The van der Waals surface area contributed by atoms with Crippen LogP contribution in [0.25, 0.3) is 0 Å². The first-order valence-corrected chi connectivity index (χ1v) is 5.41. The number of nitrogens with one attached hydrogen (secondary N) is 1. The Morgan fingerprint density at radius 1 is 1.40 bits per heavy atom. The second-order valence-electron chi connectivity index (χ2n) is 4.12. The van der Waals surface area contributed by atoms with Crippen molar-refractivity contribution in [3.05, 3.63) is 0 Å². The van der Waals surface area contributed by atoms with Gasteiger partial charge in [-0.3, -0.25) is 4.79 Å². The van der Waals surface area contributed by atoms with Crippen molar-refractivity contribution in [2.24, 2.45) is 0 Å². The van der Waals surface area contributed by atoms with Crippen molar-refractivity contribution < 1.29 is 14.3 Å². The summed E-state index contributed by atoms with van der Waals surface area (Å²) in [5, 5.41) is 3.19. The molecule has 2 amide bonds. The number of piperidine rings is 1. The molecule has 2 aliphatic heterocycles. The van der Waals surface area contributed by atoms with E-state index in [-0.39, 0.29) is 5.91 Å². The Kier molecular flexibility index (Phi) is 2.65. The molecule has 1 spiro atoms. The van der Waals surface area contributed by atoms with Gasteiger partial charge < -0.3 is 10.1 Å². The fraction of sp³-hybridized carbons (Fsp3) is 0.800.